The molecule has 5 nitrogen and oxygen atoms in total. The van der Waals surface area contributed by atoms with Crippen molar-refractivity contribution in [3.05, 3.63) is 54.1 Å². The van der Waals surface area contributed by atoms with Crippen LogP contribution in [0.1, 0.15) is 18.4 Å². The second-order valence-electron chi connectivity index (χ2n) is 7.98. The first kappa shape index (κ1) is 18.0. The van der Waals surface area contributed by atoms with Gasteiger partial charge in [-0.25, -0.2) is 0 Å². The molecule has 0 saturated carbocycles. The smallest absolute Gasteiger partial charge is 0.105 e. The maximum atomic E-state index is 4.39. The number of fused-ring (bicyclic) bond motifs is 1. The number of piperidine rings is 1. The van der Waals surface area contributed by atoms with Gasteiger partial charge in [0.15, 0.2) is 0 Å². The van der Waals surface area contributed by atoms with Gasteiger partial charge in [0, 0.05) is 51.0 Å². The lowest BCUT2D eigenvalue weighted by Gasteiger charge is -2.44. The van der Waals surface area contributed by atoms with E-state index in [2.05, 4.69) is 72.0 Å². The molecule has 6 heteroatoms. The summed E-state index contributed by atoms with van der Waals surface area (Å²) in [6, 6.07) is 18.1. The molecule has 2 aliphatic heterocycles. The van der Waals surface area contributed by atoms with Crippen molar-refractivity contribution in [2.45, 2.75) is 25.4 Å². The van der Waals surface area contributed by atoms with E-state index in [0.29, 0.717) is 6.04 Å². The van der Waals surface area contributed by atoms with Crippen molar-refractivity contribution >= 4 is 28.4 Å². The van der Waals surface area contributed by atoms with Gasteiger partial charge >= 0.3 is 0 Å². The van der Waals surface area contributed by atoms with Gasteiger partial charge in [0.2, 0.25) is 0 Å². The van der Waals surface area contributed by atoms with Gasteiger partial charge < -0.3 is 4.90 Å². The minimum Gasteiger partial charge on any atom is -0.369 e. The Kier molecular flexibility index (Phi) is 5.25. The van der Waals surface area contributed by atoms with Crippen LogP contribution in [0.4, 0.5) is 5.69 Å². The van der Waals surface area contributed by atoms with Gasteiger partial charge in [0.1, 0.15) is 11.0 Å². The summed E-state index contributed by atoms with van der Waals surface area (Å²) in [6.07, 6.45) is 2.63. The van der Waals surface area contributed by atoms with E-state index in [4.69, 9.17) is 0 Å². The minimum atomic E-state index is 0.691. The van der Waals surface area contributed by atoms with Gasteiger partial charge in [0.05, 0.1) is 11.7 Å². The highest BCUT2D eigenvalue weighted by Gasteiger charge is 2.28. The molecule has 1 unspecified atom stereocenters. The molecule has 2 fully saturated rings. The van der Waals surface area contributed by atoms with E-state index in [1.54, 1.807) is 0 Å². The summed E-state index contributed by atoms with van der Waals surface area (Å²) < 4.78 is 8.71. The zero-order valence-corrected chi connectivity index (χ0v) is 17.0. The van der Waals surface area contributed by atoms with Crippen molar-refractivity contribution in [2.75, 3.05) is 44.2 Å². The molecule has 3 aromatic rings. The fourth-order valence-electron chi connectivity index (χ4n) is 4.64. The number of para-hydroxylation sites is 1. The molecule has 2 aromatic carbocycles. The predicted molar refractivity (Wildman–Crippen MR) is 116 cm³/mol. The first-order valence-electron chi connectivity index (χ1n) is 10.3. The molecular weight excluding hydrogens is 366 g/mol. The van der Waals surface area contributed by atoms with Crippen molar-refractivity contribution in [3.63, 3.8) is 0 Å². The monoisotopic (exact) mass is 393 g/mol. The summed E-state index contributed by atoms with van der Waals surface area (Å²) in [5.41, 5.74) is 4.77. The number of nitrogens with zero attached hydrogens (tertiary/aromatic N) is 5. The molecule has 0 amide bonds. The Morgan fingerprint density at radius 3 is 2.57 bits per heavy atom. The SMILES string of the molecule is c1ccc(N2CCN(C3CCCN(Cc4ccc5nsnc5c4)C3)CC2)cc1. The van der Waals surface area contributed by atoms with Crippen LogP contribution in [0.15, 0.2) is 48.5 Å². The third-order valence-corrected chi connectivity index (χ3v) is 6.71. The summed E-state index contributed by atoms with van der Waals surface area (Å²) in [4.78, 5) is 7.87. The normalized spacial score (nSPS) is 22.0. The summed E-state index contributed by atoms with van der Waals surface area (Å²) in [6.45, 7) is 8.01. The molecule has 0 spiro atoms. The number of hydrogen-bond donors (Lipinski definition) is 0. The number of anilines is 1. The number of benzene rings is 2. The Bertz CT molecular complexity index is 903. The van der Waals surface area contributed by atoms with E-state index < -0.39 is 0 Å². The maximum Gasteiger partial charge on any atom is 0.105 e. The van der Waals surface area contributed by atoms with E-state index in [0.717, 1.165) is 30.7 Å². The van der Waals surface area contributed by atoms with Gasteiger partial charge in [-0.1, -0.05) is 24.3 Å². The summed E-state index contributed by atoms with van der Waals surface area (Å²) in [7, 11) is 0. The Labute approximate surface area is 170 Å². The third-order valence-electron chi connectivity index (χ3n) is 6.16. The van der Waals surface area contributed by atoms with Crippen LogP contribution in [0.2, 0.25) is 0 Å². The first-order chi connectivity index (χ1) is 13.8. The zero-order valence-electron chi connectivity index (χ0n) is 16.2. The van der Waals surface area contributed by atoms with Gasteiger partial charge in [-0.2, -0.15) is 8.75 Å². The largest absolute Gasteiger partial charge is 0.369 e. The first-order valence-corrected chi connectivity index (χ1v) is 11.1. The summed E-state index contributed by atoms with van der Waals surface area (Å²) >= 11 is 1.30. The van der Waals surface area contributed by atoms with Crippen LogP contribution in [-0.4, -0.2) is 63.9 Å². The predicted octanol–water partition coefficient (Wildman–Crippen LogP) is 3.48. The molecule has 3 heterocycles. The highest BCUT2D eigenvalue weighted by Crippen LogP contribution is 2.22. The molecule has 5 rings (SSSR count). The van der Waals surface area contributed by atoms with Crippen molar-refractivity contribution in [1.29, 1.82) is 0 Å². The van der Waals surface area contributed by atoms with E-state index in [-0.39, 0.29) is 0 Å². The fourth-order valence-corrected chi connectivity index (χ4v) is 5.16. The van der Waals surface area contributed by atoms with Gasteiger partial charge in [-0.3, -0.25) is 9.80 Å². The molecule has 28 heavy (non-hydrogen) atoms. The number of likely N-dealkylation sites (tertiary alicyclic amines) is 1. The molecule has 0 N–H and O–H groups in total. The Balaban J connectivity index is 1.18. The lowest BCUT2D eigenvalue weighted by molar-refractivity contribution is 0.0888. The number of rotatable bonds is 4. The molecule has 0 radical (unpaired) electrons. The number of hydrogen-bond acceptors (Lipinski definition) is 6. The molecule has 0 bridgehead atoms. The van der Waals surface area contributed by atoms with E-state index >= 15 is 0 Å². The van der Waals surface area contributed by atoms with Crippen LogP contribution in [-0.2, 0) is 6.54 Å². The molecule has 1 atom stereocenters. The number of aromatic nitrogens is 2. The fraction of sp³-hybridized carbons (Fsp3) is 0.455. The van der Waals surface area contributed by atoms with Crippen LogP contribution in [0.25, 0.3) is 11.0 Å². The lowest BCUT2D eigenvalue weighted by Crippen LogP contribution is -2.55. The highest BCUT2D eigenvalue weighted by atomic mass is 32.1. The highest BCUT2D eigenvalue weighted by molar-refractivity contribution is 7.00. The second kappa shape index (κ2) is 8.15. The molecule has 1 aromatic heterocycles. The minimum absolute atomic E-state index is 0.691. The van der Waals surface area contributed by atoms with E-state index in [9.17, 15) is 0 Å². The number of piperazine rings is 1. The van der Waals surface area contributed by atoms with Gasteiger partial charge in [-0.15, -0.1) is 0 Å². The van der Waals surface area contributed by atoms with Crippen LogP contribution < -0.4 is 4.90 Å². The molecular formula is C22H27N5S. The third kappa shape index (κ3) is 3.90. The van der Waals surface area contributed by atoms with Crippen molar-refractivity contribution in [3.8, 4) is 0 Å². The Morgan fingerprint density at radius 1 is 0.893 bits per heavy atom. The summed E-state index contributed by atoms with van der Waals surface area (Å²) in [5, 5.41) is 0. The lowest BCUT2D eigenvalue weighted by atomic mass is 10.0. The average molecular weight is 394 g/mol. The van der Waals surface area contributed by atoms with Crippen molar-refractivity contribution in [1.82, 2.24) is 18.5 Å². The zero-order chi connectivity index (χ0) is 18.8. The average Bonchev–Trinajstić information content (AvgIpc) is 3.23. The topological polar surface area (TPSA) is 35.5 Å². The van der Waals surface area contributed by atoms with E-state index in [1.165, 1.54) is 62.0 Å². The molecule has 2 aliphatic rings. The standard InChI is InChI=1S/C22H27N5S/c1-2-5-19(6-3-1)26-11-13-27(14-12-26)20-7-4-10-25(17-20)16-18-8-9-21-22(15-18)24-28-23-21/h1-3,5-6,8-9,15,20H,4,7,10-14,16-17H2. The van der Waals surface area contributed by atoms with Crippen LogP contribution in [0.3, 0.4) is 0 Å². The van der Waals surface area contributed by atoms with Crippen LogP contribution in [0.5, 0.6) is 0 Å². The van der Waals surface area contributed by atoms with Crippen molar-refractivity contribution in [2.24, 2.45) is 0 Å². The van der Waals surface area contributed by atoms with Crippen LogP contribution >= 0.6 is 11.7 Å². The second-order valence-corrected chi connectivity index (χ2v) is 8.51. The van der Waals surface area contributed by atoms with Gasteiger partial charge in [-0.05, 0) is 49.2 Å². The molecule has 146 valence electrons. The van der Waals surface area contributed by atoms with Crippen LogP contribution in [0, 0.1) is 0 Å². The summed E-state index contributed by atoms with van der Waals surface area (Å²) in [5.74, 6) is 0. The Morgan fingerprint density at radius 2 is 1.71 bits per heavy atom. The maximum absolute atomic E-state index is 4.39. The van der Waals surface area contributed by atoms with Crippen molar-refractivity contribution < 1.29 is 0 Å². The van der Waals surface area contributed by atoms with E-state index in [1.807, 2.05) is 0 Å². The van der Waals surface area contributed by atoms with Gasteiger partial charge in [0.25, 0.3) is 0 Å². The molecule has 2 saturated heterocycles. The quantitative estimate of drug-likeness (QED) is 0.678. The Hall–Kier alpha value is -2.02. The molecule has 0 aliphatic carbocycles.